The number of amides is 2. The minimum absolute atomic E-state index is 0.0805. The molecule has 1 aliphatic carbocycles. The van der Waals surface area contributed by atoms with Gasteiger partial charge in [-0.25, -0.2) is 4.79 Å². The van der Waals surface area contributed by atoms with Crippen LogP contribution in [0.2, 0.25) is 0 Å². The van der Waals surface area contributed by atoms with Crippen molar-refractivity contribution < 1.29 is 24.2 Å². The number of anilines is 1. The number of carbonyl (C=O) groups is 3. The van der Waals surface area contributed by atoms with Crippen molar-refractivity contribution in [2.45, 2.75) is 18.9 Å². The number of ether oxygens (including phenoxy) is 1. The number of hydrogen-bond donors (Lipinski definition) is 3. The van der Waals surface area contributed by atoms with Crippen molar-refractivity contribution in [3.8, 4) is 11.1 Å². The van der Waals surface area contributed by atoms with Crippen LogP contribution in [0, 0.1) is 0 Å². The zero-order valence-corrected chi connectivity index (χ0v) is 17.4. The minimum Gasteiger partial charge on any atom is -0.480 e. The van der Waals surface area contributed by atoms with Crippen molar-refractivity contribution >= 4 is 23.7 Å². The van der Waals surface area contributed by atoms with Crippen LogP contribution in [0.4, 0.5) is 10.5 Å². The Morgan fingerprint density at radius 2 is 1.47 bits per heavy atom. The summed E-state index contributed by atoms with van der Waals surface area (Å²) in [5, 5.41) is 14.0. The van der Waals surface area contributed by atoms with Crippen molar-refractivity contribution in [2.24, 2.45) is 0 Å². The Kier molecular flexibility index (Phi) is 5.89. The predicted octanol–water partition coefficient (Wildman–Crippen LogP) is 4.25. The lowest BCUT2D eigenvalue weighted by atomic mass is 9.98. The molecule has 3 aromatic carbocycles. The van der Waals surface area contributed by atoms with E-state index in [4.69, 9.17) is 9.84 Å². The third kappa shape index (κ3) is 4.18. The van der Waals surface area contributed by atoms with Crippen LogP contribution in [0.15, 0.2) is 72.8 Å². The van der Waals surface area contributed by atoms with Gasteiger partial charge in [-0.2, -0.15) is 0 Å². The highest BCUT2D eigenvalue weighted by atomic mass is 16.5. The van der Waals surface area contributed by atoms with Gasteiger partial charge < -0.3 is 15.2 Å². The molecule has 0 fully saturated rings. The molecule has 1 aliphatic rings. The van der Waals surface area contributed by atoms with Crippen molar-refractivity contribution in [3.05, 3.63) is 89.5 Å². The van der Waals surface area contributed by atoms with E-state index >= 15 is 0 Å². The Hall–Kier alpha value is -4.13. The highest BCUT2D eigenvalue weighted by Gasteiger charge is 2.29. The average molecular weight is 430 g/mol. The van der Waals surface area contributed by atoms with Gasteiger partial charge in [0.15, 0.2) is 0 Å². The van der Waals surface area contributed by atoms with E-state index in [1.54, 1.807) is 18.2 Å². The molecule has 7 heteroatoms. The molecule has 0 unspecified atom stereocenters. The first-order valence-corrected chi connectivity index (χ1v) is 10.2. The molecule has 2 amide bonds. The van der Waals surface area contributed by atoms with Crippen LogP contribution in [-0.2, 0) is 9.53 Å². The Balaban J connectivity index is 1.46. The van der Waals surface area contributed by atoms with E-state index in [0.717, 1.165) is 22.3 Å². The molecule has 32 heavy (non-hydrogen) atoms. The van der Waals surface area contributed by atoms with Gasteiger partial charge in [0.2, 0.25) is 0 Å². The number of hydrogen-bond acceptors (Lipinski definition) is 4. The van der Waals surface area contributed by atoms with Crippen LogP contribution in [-0.4, -0.2) is 35.7 Å². The molecule has 0 saturated carbocycles. The Morgan fingerprint density at radius 3 is 2.09 bits per heavy atom. The molecule has 0 aliphatic heterocycles. The first-order chi connectivity index (χ1) is 15.5. The Labute approximate surface area is 185 Å². The Bertz CT molecular complexity index is 1140. The summed E-state index contributed by atoms with van der Waals surface area (Å²) in [6.07, 6.45) is -0.696. The van der Waals surface area contributed by atoms with Crippen molar-refractivity contribution in [1.29, 1.82) is 0 Å². The van der Waals surface area contributed by atoms with E-state index in [1.807, 2.05) is 36.4 Å². The van der Waals surface area contributed by atoms with Gasteiger partial charge in [0.25, 0.3) is 5.91 Å². The van der Waals surface area contributed by atoms with E-state index in [1.165, 1.54) is 13.0 Å². The number of fused-ring (bicyclic) bond motifs is 3. The molecule has 0 saturated heterocycles. The molecule has 0 bridgehead atoms. The standard InChI is InChI=1S/C25H22N2O5/c1-15(24(29)30)26-23(28)20-12-6-7-13-22(20)27-25(31)32-14-21-18-10-4-2-8-16(18)17-9-3-5-11-19(17)21/h2-13,15,21H,14H2,1H3,(H,26,28)(H,27,31)(H,29,30)/t15-/m1/s1. The number of aliphatic carboxylic acids is 1. The van der Waals surface area contributed by atoms with Gasteiger partial charge in [0.1, 0.15) is 12.6 Å². The molecule has 0 spiro atoms. The first kappa shape index (κ1) is 21.1. The number of benzene rings is 3. The van der Waals surface area contributed by atoms with Crippen LogP contribution >= 0.6 is 0 Å². The second kappa shape index (κ2) is 8.93. The summed E-state index contributed by atoms with van der Waals surface area (Å²) in [5.41, 5.74) is 4.85. The lowest BCUT2D eigenvalue weighted by Gasteiger charge is -2.16. The van der Waals surface area contributed by atoms with E-state index in [-0.39, 0.29) is 23.8 Å². The van der Waals surface area contributed by atoms with Gasteiger partial charge in [-0.1, -0.05) is 60.7 Å². The third-order valence-electron chi connectivity index (χ3n) is 5.47. The summed E-state index contributed by atoms with van der Waals surface area (Å²) in [6, 6.07) is 21.4. The normalized spacial score (nSPS) is 12.9. The van der Waals surface area contributed by atoms with Crippen LogP contribution in [0.25, 0.3) is 11.1 Å². The fourth-order valence-electron chi connectivity index (χ4n) is 3.87. The summed E-state index contributed by atoms with van der Waals surface area (Å²) in [6.45, 7) is 1.51. The van der Waals surface area contributed by atoms with Gasteiger partial charge in [0.05, 0.1) is 11.3 Å². The largest absolute Gasteiger partial charge is 0.480 e. The lowest BCUT2D eigenvalue weighted by molar-refractivity contribution is -0.138. The number of carboxylic acid groups (broad SMARTS) is 1. The van der Waals surface area contributed by atoms with Gasteiger partial charge in [-0.15, -0.1) is 0 Å². The third-order valence-corrected chi connectivity index (χ3v) is 5.47. The van der Waals surface area contributed by atoms with Crippen LogP contribution in [0.1, 0.15) is 34.3 Å². The topological polar surface area (TPSA) is 105 Å². The van der Waals surface area contributed by atoms with Gasteiger partial charge in [-0.05, 0) is 41.3 Å². The highest BCUT2D eigenvalue weighted by molar-refractivity contribution is 6.03. The minimum atomic E-state index is -1.15. The van der Waals surface area contributed by atoms with Crippen molar-refractivity contribution in [3.63, 3.8) is 0 Å². The maximum absolute atomic E-state index is 12.5. The summed E-state index contributed by atoms with van der Waals surface area (Å²) in [4.78, 5) is 36.0. The summed E-state index contributed by atoms with van der Waals surface area (Å²) >= 11 is 0. The second-order valence-corrected chi connectivity index (χ2v) is 7.53. The van der Waals surface area contributed by atoms with Crippen LogP contribution in [0.5, 0.6) is 0 Å². The summed E-state index contributed by atoms with van der Waals surface area (Å²) < 4.78 is 5.52. The molecule has 3 aromatic rings. The maximum atomic E-state index is 12.5. The zero-order chi connectivity index (χ0) is 22.7. The molecule has 7 nitrogen and oxygen atoms in total. The fourth-order valence-corrected chi connectivity index (χ4v) is 3.87. The van der Waals surface area contributed by atoms with Crippen LogP contribution in [0.3, 0.4) is 0 Å². The van der Waals surface area contributed by atoms with E-state index in [9.17, 15) is 14.4 Å². The SMILES string of the molecule is C[C@@H](NC(=O)c1ccccc1NC(=O)OCC1c2ccccc2-c2ccccc21)C(=O)O. The predicted molar refractivity (Wildman–Crippen MR) is 120 cm³/mol. The molecule has 0 heterocycles. The van der Waals surface area contributed by atoms with E-state index < -0.39 is 24.0 Å². The zero-order valence-electron chi connectivity index (χ0n) is 17.4. The lowest BCUT2D eigenvalue weighted by Crippen LogP contribution is -2.38. The first-order valence-electron chi connectivity index (χ1n) is 10.2. The molecule has 4 rings (SSSR count). The maximum Gasteiger partial charge on any atom is 0.411 e. The van der Waals surface area contributed by atoms with Crippen LogP contribution < -0.4 is 10.6 Å². The highest BCUT2D eigenvalue weighted by Crippen LogP contribution is 2.44. The molecule has 3 N–H and O–H groups in total. The summed E-state index contributed by atoms with van der Waals surface area (Å²) in [7, 11) is 0. The number of nitrogens with one attached hydrogen (secondary N) is 2. The van der Waals surface area contributed by atoms with E-state index in [2.05, 4.69) is 22.8 Å². The number of carboxylic acids is 1. The number of carbonyl (C=O) groups excluding carboxylic acids is 2. The number of rotatable bonds is 6. The van der Waals surface area contributed by atoms with Crippen molar-refractivity contribution in [2.75, 3.05) is 11.9 Å². The van der Waals surface area contributed by atoms with Gasteiger partial charge >= 0.3 is 12.1 Å². The quantitative estimate of drug-likeness (QED) is 0.542. The monoisotopic (exact) mass is 430 g/mol. The molecule has 0 radical (unpaired) electrons. The smallest absolute Gasteiger partial charge is 0.411 e. The second-order valence-electron chi connectivity index (χ2n) is 7.53. The van der Waals surface area contributed by atoms with E-state index in [0.29, 0.717) is 0 Å². The molecule has 162 valence electrons. The number of para-hydroxylation sites is 1. The fraction of sp³-hybridized carbons (Fsp3) is 0.160. The molecular weight excluding hydrogens is 408 g/mol. The van der Waals surface area contributed by atoms with Gasteiger partial charge in [-0.3, -0.25) is 14.9 Å². The van der Waals surface area contributed by atoms with Crippen molar-refractivity contribution in [1.82, 2.24) is 5.32 Å². The average Bonchev–Trinajstić information content (AvgIpc) is 3.11. The Morgan fingerprint density at radius 1 is 0.906 bits per heavy atom. The summed E-state index contributed by atoms with van der Waals surface area (Å²) in [5.74, 6) is -1.84. The molecule has 0 aromatic heterocycles. The van der Waals surface area contributed by atoms with Gasteiger partial charge in [0, 0.05) is 5.92 Å². The molecular formula is C25H22N2O5. The molecule has 1 atom stereocenters.